The average molecular weight is 281 g/mol. The zero-order chi connectivity index (χ0) is 10.3. The zero-order valence-electron chi connectivity index (χ0n) is 7.48. The van der Waals surface area contributed by atoms with Crippen LogP contribution in [-0.4, -0.2) is 9.36 Å². The van der Waals surface area contributed by atoms with Crippen LogP contribution in [-0.2, 0) is 0 Å². The SMILES string of the molecule is Brc1nc(-c2coc3ccccc23)ns1. The summed E-state index contributed by atoms with van der Waals surface area (Å²) in [4.78, 5) is 4.27. The summed E-state index contributed by atoms with van der Waals surface area (Å²) in [5.74, 6) is 0.705. The van der Waals surface area contributed by atoms with E-state index < -0.39 is 0 Å². The second-order valence-corrected chi connectivity index (χ2v) is 5.04. The van der Waals surface area contributed by atoms with Gasteiger partial charge in [-0.05, 0) is 33.5 Å². The van der Waals surface area contributed by atoms with E-state index in [0.29, 0.717) is 5.82 Å². The van der Waals surface area contributed by atoms with E-state index in [2.05, 4.69) is 25.3 Å². The van der Waals surface area contributed by atoms with Crippen molar-refractivity contribution in [2.75, 3.05) is 0 Å². The third kappa shape index (κ3) is 1.48. The molecule has 0 atom stereocenters. The molecule has 2 aromatic heterocycles. The fraction of sp³-hybridized carbons (Fsp3) is 0. The number of rotatable bonds is 1. The van der Waals surface area contributed by atoms with Gasteiger partial charge < -0.3 is 4.42 Å². The molecule has 0 aliphatic rings. The minimum absolute atomic E-state index is 0.705. The molecule has 0 unspecified atom stereocenters. The number of aromatic nitrogens is 2. The molecule has 0 N–H and O–H groups in total. The van der Waals surface area contributed by atoms with Gasteiger partial charge in [-0.2, -0.15) is 4.37 Å². The van der Waals surface area contributed by atoms with Gasteiger partial charge in [0, 0.05) is 5.39 Å². The van der Waals surface area contributed by atoms with Crippen LogP contribution in [0.15, 0.2) is 38.9 Å². The van der Waals surface area contributed by atoms with Crippen molar-refractivity contribution in [3.05, 3.63) is 34.4 Å². The van der Waals surface area contributed by atoms with Crippen LogP contribution in [0.25, 0.3) is 22.4 Å². The number of hydrogen-bond acceptors (Lipinski definition) is 4. The van der Waals surface area contributed by atoms with E-state index >= 15 is 0 Å². The third-order valence-electron chi connectivity index (χ3n) is 2.12. The normalized spacial score (nSPS) is 11.0. The van der Waals surface area contributed by atoms with Crippen molar-refractivity contribution < 1.29 is 4.42 Å². The topological polar surface area (TPSA) is 38.9 Å². The Balaban J connectivity index is 2.27. The highest BCUT2D eigenvalue weighted by atomic mass is 79.9. The first kappa shape index (κ1) is 9.06. The lowest BCUT2D eigenvalue weighted by molar-refractivity contribution is 0.616. The molecule has 5 heteroatoms. The molecule has 0 aliphatic carbocycles. The monoisotopic (exact) mass is 280 g/mol. The number of halogens is 1. The zero-order valence-corrected chi connectivity index (χ0v) is 9.88. The summed E-state index contributed by atoms with van der Waals surface area (Å²) in [6.45, 7) is 0. The van der Waals surface area contributed by atoms with Gasteiger partial charge in [0.1, 0.15) is 11.8 Å². The van der Waals surface area contributed by atoms with Crippen molar-refractivity contribution in [3.8, 4) is 11.4 Å². The summed E-state index contributed by atoms with van der Waals surface area (Å²) in [5.41, 5.74) is 1.80. The quantitative estimate of drug-likeness (QED) is 0.682. The summed E-state index contributed by atoms with van der Waals surface area (Å²) in [6, 6.07) is 7.85. The molecule has 0 bridgehead atoms. The molecule has 3 rings (SSSR count). The molecule has 2 heterocycles. The van der Waals surface area contributed by atoms with Gasteiger partial charge in [-0.25, -0.2) is 4.98 Å². The molecule has 3 nitrogen and oxygen atoms in total. The molecule has 15 heavy (non-hydrogen) atoms. The van der Waals surface area contributed by atoms with E-state index in [1.54, 1.807) is 6.26 Å². The van der Waals surface area contributed by atoms with Crippen molar-refractivity contribution in [1.29, 1.82) is 0 Å². The van der Waals surface area contributed by atoms with Crippen molar-refractivity contribution in [2.24, 2.45) is 0 Å². The average Bonchev–Trinajstić information content (AvgIpc) is 2.83. The van der Waals surface area contributed by atoms with Gasteiger partial charge in [0.25, 0.3) is 0 Å². The van der Waals surface area contributed by atoms with Crippen LogP contribution in [0.2, 0.25) is 0 Å². The van der Waals surface area contributed by atoms with Crippen LogP contribution in [0, 0.1) is 0 Å². The highest BCUT2D eigenvalue weighted by Gasteiger charge is 2.11. The van der Waals surface area contributed by atoms with Crippen molar-refractivity contribution in [3.63, 3.8) is 0 Å². The number of benzene rings is 1. The van der Waals surface area contributed by atoms with E-state index in [1.807, 2.05) is 24.3 Å². The summed E-state index contributed by atoms with van der Waals surface area (Å²) in [7, 11) is 0. The summed E-state index contributed by atoms with van der Waals surface area (Å²) in [6.07, 6.45) is 1.69. The summed E-state index contributed by atoms with van der Waals surface area (Å²) in [5, 5.41) is 1.04. The fourth-order valence-electron chi connectivity index (χ4n) is 1.47. The van der Waals surface area contributed by atoms with Gasteiger partial charge >= 0.3 is 0 Å². The number of furan rings is 1. The van der Waals surface area contributed by atoms with Gasteiger partial charge in [-0.3, -0.25) is 0 Å². The van der Waals surface area contributed by atoms with Crippen molar-refractivity contribution in [1.82, 2.24) is 9.36 Å². The lowest BCUT2D eigenvalue weighted by Gasteiger charge is -1.89. The molecule has 0 aliphatic heterocycles. The van der Waals surface area contributed by atoms with Crippen molar-refractivity contribution >= 4 is 38.4 Å². The second-order valence-electron chi connectivity index (χ2n) is 3.02. The minimum Gasteiger partial charge on any atom is -0.464 e. The maximum atomic E-state index is 5.42. The first-order valence-electron chi connectivity index (χ1n) is 4.30. The van der Waals surface area contributed by atoms with Crippen LogP contribution in [0.5, 0.6) is 0 Å². The largest absolute Gasteiger partial charge is 0.464 e. The van der Waals surface area contributed by atoms with Gasteiger partial charge in [0.15, 0.2) is 9.74 Å². The highest BCUT2D eigenvalue weighted by Crippen LogP contribution is 2.30. The maximum absolute atomic E-state index is 5.42. The van der Waals surface area contributed by atoms with E-state index in [-0.39, 0.29) is 0 Å². The Morgan fingerprint density at radius 3 is 2.93 bits per heavy atom. The Bertz CT molecular complexity index is 616. The molecule has 0 fully saturated rings. The Labute approximate surface area is 98.1 Å². The molecule has 0 radical (unpaired) electrons. The van der Waals surface area contributed by atoms with Crippen LogP contribution < -0.4 is 0 Å². The molecule has 0 saturated heterocycles. The van der Waals surface area contributed by atoms with E-state index in [1.165, 1.54) is 11.5 Å². The Hall–Kier alpha value is -1.20. The number of fused-ring (bicyclic) bond motifs is 1. The fourth-order valence-corrected chi connectivity index (χ4v) is 2.28. The van der Waals surface area contributed by atoms with Gasteiger partial charge in [0.2, 0.25) is 0 Å². The molecule has 1 aromatic carbocycles. The second kappa shape index (κ2) is 3.43. The Morgan fingerprint density at radius 1 is 1.27 bits per heavy atom. The van der Waals surface area contributed by atoms with E-state index in [0.717, 1.165) is 20.4 Å². The van der Waals surface area contributed by atoms with Crippen LogP contribution in [0.3, 0.4) is 0 Å². The molecule has 3 aromatic rings. The van der Waals surface area contributed by atoms with Gasteiger partial charge in [-0.15, -0.1) is 0 Å². The minimum atomic E-state index is 0.705. The number of nitrogens with zero attached hydrogens (tertiary/aromatic N) is 2. The first-order valence-corrected chi connectivity index (χ1v) is 5.87. The van der Waals surface area contributed by atoms with Crippen LogP contribution >= 0.6 is 27.5 Å². The molecule has 0 spiro atoms. The molecule has 0 amide bonds. The molecular weight excluding hydrogens is 276 g/mol. The molecular formula is C10H5BrN2OS. The lowest BCUT2D eigenvalue weighted by atomic mass is 10.2. The maximum Gasteiger partial charge on any atom is 0.179 e. The molecule has 74 valence electrons. The van der Waals surface area contributed by atoms with E-state index in [9.17, 15) is 0 Å². The number of para-hydroxylation sites is 1. The predicted octanol–water partition coefficient (Wildman–Crippen LogP) is 3.71. The Kier molecular flexibility index (Phi) is 2.07. The van der Waals surface area contributed by atoms with Gasteiger partial charge in [-0.1, -0.05) is 18.2 Å². The van der Waals surface area contributed by atoms with Gasteiger partial charge in [0.05, 0.1) is 5.56 Å². The summed E-state index contributed by atoms with van der Waals surface area (Å²) >= 11 is 4.62. The lowest BCUT2D eigenvalue weighted by Crippen LogP contribution is -1.76. The van der Waals surface area contributed by atoms with Crippen LogP contribution in [0.1, 0.15) is 0 Å². The standard InChI is InChI=1S/C10H5BrN2OS/c11-10-12-9(13-15-10)7-5-14-8-4-2-1-3-6(7)8/h1-5H. The third-order valence-corrected chi connectivity index (χ3v) is 3.24. The molecule has 0 saturated carbocycles. The predicted molar refractivity (Wildman–Crippen MR) is 62.8 cm³/mol. The first-order chi connectivity index (χ1) is 7.34. The smallest absolute Gasteiger partial charge is 0.179 e. The number of hydrogen-bond donors (Lipinski definition) is 0. The van der Waals surface area contributed by atoms with Crippen LogP contribution in [0.4, 0.5) is 0 Å². The van der Waals surface area contributed by atoms with Crippen molar-refractivity contribution in [2.45, 2.75) is 0 Å². The highest BCUT2D eigenvalue weighted by molar-refractivity contribution is 9.11. The van der Waals surface area contributed by atoms with E-state index in [4.69, 9.17) is 4.42 Å². The summed E-state index contributed by atoms with van der Waals surface area (Å²) < 4.78 is 10.4. The Morgan fingerprint density at radius 2 is 2.13 bits per heavy atom.